The van der Waals surface area contributed by atoms with Crippen LogP contribution in [0, 0.1) is 0 Å². The number of aromatic nitrogens is 2. The zero-order valence-electron chi connectivity index (χ0n) is 14.0. The highest BCUT2D eigenvalue weighted by Crippen LogP contribution is 2.45. The summed E-state index contributed by atoms with van der Waals surface area (Å²) in [4.78, 5) is 3.99. The number of ether oxygens (including phenoxy) is 1. The lowest BCUT2D eigenvalue weighted by Gasteiger charge is -2.08. The summed E-state index contributed by atoms with van der Waals surface area (Å²) in [5, 5.41) is 13.9. The summed E-state index contributed by atoms with van der Waals surface area (Å²) in [6.45, 7) is 1.35. The summed E-state index contributed by atoms with van der Waals surface area (Å²) in [7, 11) is 0. The minimum absolute atomic E-state index is 0.253. The quantitative estimate of drug-likeness (QED) is 0.584. The van der Waals surface area contributed by atoms with Crippen LogP contribution in [0.1, 0.15) is 55.8 Å². The first-order chi connectivity index (χ1) is 12.2. The van der Waals surface area contributed by atoms with E-state index >= 15 is 0 Å². The molecule has 5 nitrogen and oxygen atoms in total. The predicted octanol–water partition coefficient (Wildman–Crippen LogP) is 4.99. The Morgan fingerprint density at radius 2 is 1.84 bits per heavy atom. The van der Waals surface area contributed by atoms with Gasteiger partial charge in [0.05, 0.1) is 16.7 Å². The highest BCUT2D eigenvalue weighted by molar-refractivity contribution is 6.38. The first-order valence-electron chi connectivity index (χ1n) is 8.68. The van der Waals surface area contributed by atoms with Gasteiger partial charge >= 0.3 is 0 Å². The van der Waals surface area contributed by atoms with Crippen molar-refractivity contribution in [2.75, 3.05) is 13.2 Å². The highest BCUT2D eigenvalue weighted by Gasteiger charge is 2.33. The molecule has 0 unspecified atom stereocenters. The molecule has 7 heteroatoms. The molecular weight excluding hydrogens is 363 g/mol. The molecule has 2 aromatic rings. The van der Waals surface area contributed by atoms with Crippen LogP contribution in [0.4, 0.5) is 0 Å². The minimum Gasteiger partial charge on any atom is -0.396 e. The average molecular weight is 385 g/mol. The van der Waals surface area contributed by atoms with E-state index < -0.39 is 0 Å². The molecule has 1 saturated carbocycles. The fraction of sp³-hybridized carbons (Fsp3) is 0.556. The fourth-order valence-corrected chi connectivity index (χ4v) is 3.35. The van der Waals surface area contributed by atoms with Crippen LogP contribution < -0.4 is 0 Å². The average Bonchev–Trinajstić information content (AvgIpc) is 3.36. The van der Waals surface area contributed by atoms with Crippen molar-refractivity contribution in [3.05, 3.63) is 33.8 Å². The Bertz CT molecular complexity index is 681. The van der Waals surface area contributed by atoms with Crippen LogP contribution in [-0.4, -0.2) is 28.5 Å². The van der Waals surface area contributed by atoms with Crippen LogP contribution in [0.15, 0.2) is 16.9 Å². The number of hydrogen-bond donors (Lipinski definition) is 1. The zero-order valence-corrected chi connectivity index (χ0v) is 15.5. The monoisotopic (exact) mass is 384 g/mol. The lowest BCUT2D eigenvalue weighted by atomic mass is 10.1. The Hall–Kier alpha value is -1.14. The molecule has 1 aliphatic carbocycles. The first-order valence-corrected chi connectivity index (χ1v) is 9.44. The molecule has 0 radical (unpaired) electrons. The van der Waals surface area contributed by atoms with Gasteiger partial charge in [-0.05, 0) is 25.7 Å². The molecule has 2 aromatic heterocycles. The number of pyridine rings is 1. The first kappa shape index (κ1) is 18.6. The highest BCUT2D eigenvalue weighted by atomic mass is 35.5. The van der Waals surface area contributed by atoms with Gasteiger partial charge < -0.3 is 14.4 Å². The van der Waals surface area contributed by atoms with E-state index in [0.29, 0.717) is 40.4 Å². The van der Waals surface area contributed by atoms with Gasteiger partial charge in [0.25, 0.3) is 0 Å². The van der Waals surface area contributed by atoms with Gasteiger partial charge in [-0.15, -0.1) is 0 Å². The van der Waals surface area contributed by atoms with E-state index in [1.807, 2.05) is 0 Å². The lowest BCUT2D eigenvalue weighted by Crippen LogP contribution is -1.99. The Labute approximate surface area is 157 Å². The smallest absolute Gasteiger partial charge is 0.145 e. The van der Waals surface area contributed by atoms with Crippen molar-refractivity contribution in [2.24, 2.45) is 0 Å². The summed E-state index contributed by atoms with van der Waals surface area (Å²) in [5.74, 6) is 1.31. The maximum atomic E-state index is 8.79. The molecule has 3 rings (SSSR count). The van der Waals surface area contributed by atoms with Gasteiger partial charge in [0, 0.05) is 42.7 Å². The fourth-order valence-electron chi connectivity index (χ4n) is 2.81. The Morgan fingerprint density at radius 3 is 2.52 bits per heavy atom. The van der Waals surface area contributed by atoms with Crippen LogP contribution in [0.5, 0.6) is 0 Å². The second kappa shape index (κ2) is 8.99. The van der Waals surface area contributed by atoms with Crippen molar-refractivity contribution in [1.82, 2.24) is 10.1 Å². The summed E-state index contributed by atoms with van der Waals surface area (Å²) in [6, 6.07) is 0. The van der Waals surface area contributed by atoms with Gasteiger partial charge in [0.2, 0.25) is 0 Å². The van der Waals surface area contributed by atoms with Crippen molar-refractivity contribution in [1.29, 1.82) is 0 Å². The molecule has 0 aliphatic heterocycles. The molecule has 0 bridgehead atoms. The molecule has 0 saturated heterocycles. The molecular formula is C18H22Cl2N2O3. The van der Waals surface area contributed by atoms with E-state index in [9.17, 15) is 0 Å². The number of aliphatic hydroxyl groups is 1. The second-order valence-electron chi connectivity index (χ2n) is 6.32. The summed E-state index contributed by atoms with van der Waals surface area (Å²) in [6.07, 6.45) is 9.22. The number of aliphatic hydroxyl groups excluding tert-OH is 1. The van der Waals surface area contributed by atoms with E-state index in [0.717, 1.165) is 49.8 Å². The van der Waals surface area contributed by atoms with Gasteiger partial charge in [-0.3, -0.25) is 4.98 Å². The van der Waals surface area contributed by atoms with Crippen LogP contribution >= 0.6 is 23.2 Å². The lowest BCUT2D eigenvalue weighted by molar-refractivity contribution is 0.115. The van der Waals surface area contributed by atoms with Gasteiger partial charge in [0.1, 0.15) is 11.5 Å². The minimum atomic E-state index is 0.253. The third kappa shape index (κ3) is 4.73. The topological polar surface area (TPSA) is 68.4 Å². The number of rotatable bonds is 10. The molecule has 136 valence electrons. The van der Waals surface area contributed by atoms with Crippen molar-refractivity contribution in [2.45, 2.75) is 51.0 Å². The number of hydrogen-bond acceptors (Lipinski definition) is 5. The van der Waals surface area contributed by atoms with Crippen molar-refractivity contribution in [3.8, 4) is 11.3 Å². The van der Waals surface area contributed by atoms with Crippen LogP contribution in [0.2, 0.25) is 10.0 Å². The van der Waals surface area contributed by atoms with E-state index in [-0.39, 0.29) is 6.61 Å². The predicted molar refractivity (Wildman–Crippen MR) is 96.9 cm³/mol. The largest absolute Gasteiger partial charge is 0.396 e. The van der Waals surface area contributed by atoms with Gasteiger partial charge in [-0.25, -0.2) is 0 Å². The third-order valence-electron chi connectivity index (χ3n) is 4.30. The van der Waals surface area contributed by atoms with E-state index in [1.165, 1.54) is 0 Å². The van der Waals surface area contributed by atoms with Crippen LogP contribution in [0.25, 0.3) is 11.3 Å². The van der Waals surface area contributed by atoms with Crippen molar-refractivity contribution in [3.63, 3.8) is 0 Å². The molecule has 1 aliphatic rings. The molecule has 2 heterocycles. The Balaban J connectivity index is 1.70. The van der Waals surface area contributed by atoms with E-state index in [1.54, 1.807) is 12.4 Å². The van der Waals surface area contributed by atoms with Crippen molar-refractivity contribution >= 4 is 23.2 Å². The summed E-state index contributed by atoms with van der Waals surface area (Å²) in [5.41, 5.74) is 2.24. The third-order valence-corrected chi connectivity index (χ3v) is 4.87. The second-order valence-corrected chi connectivity index (χ2v) is 7.13. The molecule has 0 spiro atoms. The number of halogens is 2. The zero-order chi connectivity index (χ0) is 17.6. The molecule has 0 amide bonds. The molecule has 0 atom stereocenters. The van der Waals surface area contributed by atoms with Crippen LogP contribution in [0.3, 0.4) is 0 Å². The molecule has 0 aromatic carbocycles. The Morgan fingerprint density at radius 1 is 1.12 bits per heavy atom. The van der Waals surface area contributed by atoms with Gasteiger partial charge in [-0.2, -0.15) is 0 Å². The number of unbranched alkanes of at least 4 members (excludes halogenated alkanes) is 3. The van der Waals surface area contributed by atoms with E-state index in [2.05, 4.69) is 10.1 Å². The van der Waals surface area contributed by atoms with E-state index in [4.69, 9.17) is 37.6 Å². The summed E-state index contributed by atoms with van der Waals surface area (Å²) >= 11 is 12.6. The maximum Gasteiger partial charge on any atom is 0.145 e. The normalized spacial score (nSPS) is 14.2. The van der Waals surface area contributed by atoms with Crippen LogP contribution in [-0.2, 0) is 11.3 Å². The maximum absolute atomic E-state index is 8.79. The molecule has 1 N–H and O–H groups in total. The van der Waals surface area contributed by atoms with Gasteiger partial charge in [-0.1, -0.05) is 41.2 Å². The summed E-state index contributed by atoms with van der Waals surface area (Å²) < 4.78 is 11.5. The number of nitrogens with zero attached hydrogens (tertiary/aromatic N) is 2. The standard InChI is InChI=1S/C18H22Cl2N2O3/c19-14-9-21-10-15(20)16(14)17-13(18(25-22-17)12-5-6-12)11-24-8-4-2-1-3-7-23/h9-10,12,23H,1-8,11H2. The van der Waals surface area contributed by atoms with Crippen molar-refractivity contribution < 1.29 is 14.4 Å². The molecule has 1 fully saturated rings. The molecule has 25 heavy (non-hydrogen) atoms. The van der Waals surface area contributed by atoms with Gasteiger partial charge in [0.15, 0.2) is 0 Å². The Kier molecular flexibility index (Phi) is 6.70. The SMILES string of the molecule is OCCCCCCOCc1c(-c2c(Cl)cncc2Cl)noc1C1CC1.